The Labute approximate surface area is 174 Å². The van der Waals surface area contributed by atoms with Crippen LogP contribution >= 0.6 is 11.8 Å². The van der Waals surface area contributed by atoms with Crippen LogP contribution in [0.1, 0.15) is 0 Å². The van der Waals surface area contributed by atoms with Crippen LogP contribution in [0.15, 0.2) is 28.3 Å². The molecule has 1 atom stereocenters. The van der Waals surface area contributed by atoms with Gasteiger partial charge in [0.05, 0.1) is 37.3 Å². The molecule has 1 aromatic carbocycles. The van der Waals surface area contributed by atoms with Gasteiger partial charge in [-0.15, -0.1) is 0 Å². The predicted octanol–water partition coefficient (Wildman–Crippen LogP) is 1.16. The Hall–Kier alpha value is -3.35. The average Bonchev–Trinajstić information content (AvgIpc) is 3.33. The smallest absolute Gasteiger partial charge is 0.416 e. The Morgan fingerprint density at radius 2 is 2.20 bits per heavy atom. The van der Waals surface area contributed by atoms with Gasteiger partial charge < -0.3 is 14.4 Å². The molecule has 1 saturated heterocycles. The first kappa shape index (κ1) is 19.9. The molecule has 1 aromatic rings. The van der Waals surface area contributed by atoms with Gasteiger partial charge in [-0.05, 0) is 18.2 Å². The summed E-state index contributed by atoms with van der Waals surface area (Å²) in [5.74, 6) is -0.443. The number of halogens is 1. The van der Waals surface area contributed by atoms with Crippen molar-refractivity contribution in [2.45, 2.75) is 6.23 Å². The first-order valence-corrected chi connectivity index (χ1v) is 9.88. The lowest BCUT2D eigenvalue weighted by Gasteiger charge is -2.29. The predicted molar refractivity (Wildman–Crippen MR) is 107 cm³/mol. The molecule has 3 heterocycles. The van der Waals surface area contributed by atoms with Crippen molar-refractivity contribution in [3.8, 4) is 0 Å². The van der Waals surface area contributed by atoms with Gasteiger partial charge in [-0.3, -0.25) is 15.0 Å². The van der Waals surface area contributed by atoms with Gasteiger partial charge in [0.25, 0.3) is 5.91 Å². The number of benzene rings is 1. The first-order chi connectivity index (χ1) is 14.4. The SMILES string of the molecule is COC(=O)N[C@H]1CN(c2ccc(N3C=NN(C4=NC(=O)CS4)CC3)c(F)c2)C(=O)O1. The number of hydrogen-bond donors (Lipinski definition) is 1. The Balaban J connectivity index is 1.44. The Bertz CT molecular complexity index is 957. The van der Waals surface area contributed by atoms with E-state index in [1.165, 1.54) is 42.2 Å². The van der Waals surface area contributed by atoms with Gasteiger partial charge in [0.2, 0.25) is 0 Å². The van der Waals surface area contributed by atoms with E-state index >= 15 is 0 Å². The summed E-state index contributed by atoms with van der Waals surface area (Å²) < 4.78 is 24.3. The van der Waals surface area contributed by atoms with Crippen LogP contribution in [0.4, 0.5) is 25.4 Å². The van der Waals surface area contributed by atoms with E-state index in [1.807, 2.05) is 0 Å². The molecular formula is C17H17FN6O5S. The second kappa shape index (κ2) is 8.18. The number of aliphatic imine (C=N–C) groups is 1. The molecule has 11 nitrogen and oxygen atoms in total. The second-order valence-electron chi connectivity index (χ2n) is 6.38. The van der Waals surface area contributed by atoms with Crippen LogP contribution in [0.5, 0.6) is 0 Å². The number of nitrogens with zero attached hydrogens (tertiary/aromatic N) is 5. The van der Waals surface area contributed by atoms with Crippen LogP contribution in [0.2, 0.25) is 0 Å². The zero-order valence-electron chi connectivity index (χ0n) is 15.8. The molecule has 0 saturated carbocycles. The van der Waals surface area contributed by atoms with Crippen LogP contribution in [-0.4, -0.2) is 73.3 Å². The molecule has 1 N–H and O–H groups in total. The number of amidine groups is 1. The van der Waals surface area contributed by atoms with Crippen LogP contribution < -0.4 is 15.1 Å². The molecule has 0 radical (unpaired) electrons. The third-order valence-corrected chi connectivity index (χ3v) is 5.43. The quantitative estimate of drug-likeness (QED) is 0.751. The minimum atomic E-state index is -0.892. The van der Waals surface area contributed by atoms with Gasteiger partial charge in [-0.25, -0.2) is 19.0 Å². The zero-order chi connectivity index (χ0) is 21.3. The highest BCUT2D eigenvalue weighted by Gasteiger charge is 2.34. The Morgan fingerprint density at radius 3 is 2.83 bits per heavy atom. The standard InChI is InChI=1S/C17H17FN6O5S/c1-28-16(26)21-14-7-23(17(27)29-14)10-2-3-12(11(18)6-10)22-4-5-24(19-9-22)15-20-13(25)8-30-15/h2-3,6,9,14H,4-5,7-8H2,1H3,(H,21,26)/t14-/m1/s1. The molecule has 0 aliphatic carbocycles. The van der Waals surface area contributed by atoms with Crippen molar-refractivity contribution in [3.63, 3.8) is 0 Å². The molecule has 30 heavy (non-hydrogen) atoms. The summed E-state index contributed by atoms with van der Waals surface area (Å²) in [6.07, 6.45) is -0.867. The number of carbonyl (C=O) groups is 3. The maximum Gasteiger partial charge on any atom is 0.416 e. The van der Waals surface area contributed by atoms with Crippen molar-refractivity contribution >= 4 is 52.7 Å². The van der Waals surface area contributed by atoms with Gasteiger partial charge in [0.1, 0.15) is 12.2 Å². The fourth-order valence-corrected chi connectivity index (χ4v) is 3.81. The molecular weight excluding hydrogens is 419 g/mol. The van der Waals surface area contributed by atoms with Gasteiger partial charge >= 0.3 is 12.2 Å². The van der Waals surface area contributed by atoms with Crippen molar-refractivity contribution in [3.05, 3.63) is 24.0 Å². The highest BCUT2D eigenvalue weighted by atomic mass is 32.2. The molecule has 4 rings (SSSR count). The summed E-state index contributed by atoms with van der Waals surface area (Å²) in [5, 5.41) is 8.73. The number of hydrogen-bond acceptors (Lipinski definition) is 9. The van der Waals surface area contributed by atoms with E-state index in [-0.39, 0.29) is 18.1 Å². The second-order valence-corrected chi connectivity index (χ2v) is 7.32. The molecule has 0 spiro atoms. The number of methoxy groups -OCH3 is 1. The summed E-state index contributed by atoms with van der Waals surface area (Å²) >= 11 is 1.32. The number of carbonyl (C=O) groups excluding carboxylic acids is 3. The highest BCUT2D eigenvalue weighted by molar-refractivity contribution is 8.14. The minimum absolute atomic E-state index is 0.0192. The largest absolute Gasteiger partial charge is 0.453 e. The fourth-order valence-electron chi connectivity index (χ4n) is 3.04. The van der Waals surface area contributed by atoms with E-state index in [4.69, 9.17) is 4.74 Å². The lowest BCUT2D eigenvalue weighted by molar-refractivity contribution is -0.115. The summed E-state index contributed by atoms with van der Waals surface area (Å²) in [6, 6.07) is 4.33. The van der Waals surface area contributed by atoms with Crippen molar-refractivity contribution < 1.29 is 28.2 Å². The molecule has 3 amide bonds. The number of thioether (sulfide) groups is 1. The fraction of sp³-hybridized carbons (Fsp3) is 0.353. The van der Waals surface area contributed by atoms with Crippen molar-refractivity contribution in [1.29, 1.82) is 0 Å². The lowest BCUT2D eigenvalue weighted by atomic mass is 10.2. The number of hydrazone groups is 1. The number of amides is 3. The number of nitrogens with one attached hydrogen (secondary N) is 1. The van der Waals surface area contributed by atoms with Crippen molar-refractivity contribution in [1.82, 2.24) is 10.3 Å². The maximum atomic E-state index is 14.8. The number of rotatable bonds is 3. The first-order valence-electron chi connectivity index (χ1n) is 8.89. The number of alkyl carbamates (subject to hydrolysis) is 1. The molecule has 3 aliphatic heterocycles. The van der Waals surface area contributed by atoms with Crippen molar-refractivity contribution in [2.24, 2.45) is 10.1 Å². The van der Waals surface area contributed by atoms with Gasteiger partial charge in [-0.2, -0.15) is 10.1 Å². The summed E-state index contributed by atoms with van der Waals surface area (Å²) in [7, 11) is 1.20. The molecule has 158 valence electrons. The van der Waals surface area contributed by atoms with E-state index in [9.17, 15) is 18.8 Å². The van der Waals surface area contributed by atoms with E-state index < -0.39 is 24.2 Å². The average molecular weight is 436 g/mol. The third kappa shape index (κ3) is 4.01. The topological polar surface area (TPSA) is 116 Å². The van der Waals surface area contributed by atoms with Gasteiger partial charge in [-0.1, -0.05) is 11.8 Å². The van der Waals surface area contributed by atoms with E-state index in [0.29, 0.717) is 29.7 Å². The molecule has 3 aliphatic rings. The third-order valence-electron chi connectivity index (χ3n) is 4.48. The summed E-state index contributed by atoms with van der Waals surface area (Å²) in [4.78, 5) is 41.3. The lowest BCUT2D eigenvalue weighted by Crippen LogP contribution is -2.40. The number of anilines is 2. The van der Waals surface area contributed by atoms with Gasteiger partial charge in [0, 0.05) is 6.54 Å². The van der Waals surface area contributed by atoms with Crippen LogP contribution in [0.25, 0.3) is 0 Å². The summed E-state index contributed by atoms with van der Waals surface area (Å²) in [5.41, 5.74) is 0.581. The minimum Gasteiger partial charge on any atom is -0.453 e. The molecule has 0 unspecified atom stereocenters. The van der Waals surface area contributed by atoms with Crippen LogP contribution in [0, 0.1) is 5.82 Å². The van der Waals surface area contributed by atoms with Crippen LogP contribution in [0.3, 0.4) is 0 Å². The van der Waals surface area contributed by atoms with E-state index in [0.717, 1.165) is 0 Å². The van der Waals surface area contributed by atoms with Crippen LogP contribution in [-0.2, 0) is 14.3 Å². The number of cyclic esters (lactones) is 1. The summed E-state index contributed by atoms with van der Waals surface area (Å²) in [6.45, 7) is 0.895. The maximum absolute atomic E-state index is 14.8. The molecule has 1 fully saturated rings. The Morgan fingerprint density at radius 1 is 1.37 bits per heavy atom. The monoisotopic (exact) mass is 436 g/mol. The molecule has 13 heteroatoms. The van der Waals surface area contributed by atoms with E-state index in [1.54, 1.807) is 16.0 Å². The van der Waals surface area contributed by atoms with Gasteiger partial charge in [0.15, 0.2) is 11.4 Å². The molecule has 0 bridgehead atoms. The zero-order valence-corrected chi connectivity index (χ0v) is 16.6. The van der Waals surface area contributed by atoms with E-state index in [2.05, 4.69) is 20.1 Å². The number of ether oxygens (including phenoxy) is 2. The normalized spacial score (nSPS) is 21.1. The molecule has 0 aromatic heterocycles. The Kier molecular flexibility index (Phi) is 5.44. The highest BCUT2D eigenvalue weighted by Crippen LogP contribution is 2.28. The van der Waals surface area contributed by atoms with Crippen molar-refractivity contribution in [2.75, 3.05) is 42.3 Å².